The zero-order valence-electron chi connectivity index (χ0n) is 11.7. The lowest BCUT2D eigenvalue weighted by Crippen LogP contribution is -2.44. The third kappa shape index (κ3) is 3.07. The minimum atomic E-state index is -3.82. The smallest absolute Gasteiger partial charge is 0.338 e. The van der Waals surface area contributed by atoms with Gasteiger partial charge in [0, 0.05) is 24.1 Å². The van der Waals surface area contributed by atoms with Crippen LogP contribution in [0.2, 0.25) is 0 Å². The molecule has 0 amide bonds. The topological polar surface area (TPSA) is 74.7 Å². The number of halogens is 1. The molecule has 2 rings (SSSR count). The quantitative estimate of drug-likeness (QED) is 0.915. The fraction of sp³-hybridized carbons (Fsp3) is 0.462. The molecule has 1 aliphatic heterocycles. The van der Waals surface area contributed by atoms with E-state index >= 15 is 0 Å². The Balaban J connectivity index is 2.52. The SMILES string of the molecule is Cc1cc(S(=O)(=O)N2CCSCC2C)cc(C(=O)O)c1F. The highest BCUT2D eigenvalue weighted by atomic mass is 32.2. The summed E-state index contributed by atoms with van der Waals surface area (Å²) in [7, 11) is -3.82. The molecule has 1 fully saturated rings. The molecule has 0 spiro atoms. The van der Waals surface area contributed by atoms with E-state index in [-0.39, 0.29) is 16.5 Å². The van der Waals surface area contributed by atoms with E-state index in [1.54, 1.807) is 18.7 Å². The highest BCUT2D eigenvalue weighted by Gasteiger charge is 2.32. The first-order valence-corrected chi connectivity index (χ1v) is 8.97. The van der Waals surface area contributed by atoms with Gasteiger partial charge in [0.1, 0.15) is 5.82 Å². The van der Waals surface area contributed by atoms with E-state index in [4.69, 9.17) is 5.11 Å². The number of nitrogens with zero attached hydrogens (tertiary/aromatic N) is 1. The number of rotatable bonds is 3. The van der Waals surface area contributed by atoms with Gasteiger partial charge in [0.25, 0.3) is 0 Å². The van der Waals surface area contributed by atoms with Crippen LogP contribution >= 0.6 is 11.8 Å². The first-order valence-electron chi connectivity index (χ1n) is 6.38. The maximum atomic E-state index is 13.7. The molecule has 0 bridgehead atoms. The van der Waals surface area contributed by atoms with E-state index in [1.165, 1.54) is 17.3 Å². The van der Waals surface area contributed by atoms with Crippen molar-refractivity contribution in [3.8, 4) is 0 Å². The van der Waals surface area contributed by atoms with E-state index < -0.39 is 27.4 Å². The second-order valence-corrected chi connectivity index (χ2v) is 7.99. The summed E-state index contributed by atoms with van der Waals surface area (Å²) in [5.74, 6) is -1.00. The Morgan fingerprint density at radius 3 is 2.71 bits per heavy atom. The van der Waals surface area contributed by atoms with Crippen LogP contribution in [-0.4, -0.2) is 47.9 Å². The molecule has 1 aliphatic rings. The van der Waals surface area contributed by atoms with Gasteiger partial charge in [0.15, 0.2) is 0 Å². The summed E-state index contributed by atoms with van der Waals surface area (Å²) in [5.41, 5.74) is -0.611. The van der Waals surface area contributed by atoms with Gasteiger partial charge in [0.05, 0.1) is 10.5 Å². The van der Waals surface area contributed by atoms with Crippen LogP contribution in [-0.2, 0) is 10.0 Å². The van der Waals surface area contributed by atoms with Crippen LogP contribution in [0, 0.1) is 12.7 Å². The molecule has 1 heterocycles. The van der Waals surface area contributed by atoms with E-state index in [0.717, 1.165) is 6.07 Å². The van der Waals surface area contributed by atoms with Crippen molar-refractivity contribution in [1.29, 1.82) is 0 Å². The average molecular weight is 333 g/mol. The molecule has 21 heavy (non-hydrogen) atoms. The molecule has 1 aromatic rings. The van der Waals surface area contributed by atoms with Crippen LogP contribution in [0.4, 0.5) is 4.39 Å². The number of aryl methyl sites for hydroxylation is 1. The summed E-state index contributed by atoms with van der Waals surface area (Å²) in [4.78, 5) is 10.9. The molecular formula is C13H16FNO4S2. The highest BCUT2D eigenvalue weighted by Crippen LogP contribution is 2.27. The minimum Gasteiger partial charge on any atom is -0.478 e. The Hall–Kier alpha value is -1.12. The van der Waals surface area contributed by atoms with Crippen LogP contribution in [0.15, 0.2) is 17.0 Å². The Kier molecular flexibility index (Phi) is 4.60. The van der Waals surface area contributed by atoms with E-state index in [2.05, 4.69) is 0 Å². The highest BCUT2D eigenvalue weighted by molar-refractivity contribution is 7.99. The monoisotopic (exact) mass is 333 g/mol. The van der Waals surface area contributed by atoms with Crippen molar-refractivity contribution in [3.05, 3.63) is 29.1 Å². The van der Waals surface area contributed by atoms with E-state index in [9.17, 15) is 17.6 Å². The van der Waals surface area contributed by atoms with Gasteiger partial charge in [-0.2, -0.15) is 16.1 Å². The molecule has 1 unspecified atom stereocenters. The summed E-state index contributed by atoms with van der Waals surface area (Å²) >= 11 is 1.67. The third-order valence-electron chi connectivity index (χ3n) is 3.37. The fourth-order valence-electron chi connectivity index (χ4n) is 2.25. The second kappa shape index (κ2) is 5.94. The standard InChI is InChI=1S/C13H16FNO4S2/c1-8-5-10(6-11(12(8)14)13(16)17)21(18,19)15-3-4-20-7-9(15)2/h5-6,9H,3-4,7H2,1-2H3,(H,16,17). The van der Waals surface area contributed by atoms with Crippen molar-refractivity contribution < 1.29 is 22.7 Å². The maximum absolute atomic E-state index is 13.7. The predicted molar refractivity (Wildman–Crippen MR) is 78.8 cm³/mol. The van der Waals surface area contributed by atoms with Gasteiger partial charge in [-0.1, -0.05) is 0 Å². The molecule has 0 aliphatic carbocycles. The van der Waals surface area contributed by atoms with Crippen molar-refractivity contribution in [1.82, 2.24) is 4.31 Å². The summed E-state index contributed by atoms with van der Waals surface area (Å²) < 4.78 is 40.4. The molecular weight excluding hydrogens is 317 g/mol. The summed E-state index contributed by atoms with van der Waals surface area (Å²) in [6, 6.07) is 1.91. The molecule has 1 atom stereocenters. The number of hydrogen-bond acceptors (Lipinski definition) is 4. The molecule has 0 radical (unpaired) electrons. The number of carboxylic acid groups (broad SMARTS) is 1. The van der Waals surface area contributed by atoms with Gasteiger partial charge in [-0.15, -0.1) is 0 Å². The Bertz CT molecular complexity index is 675. The van der Waals surface area contributed by atoms with Gasteiger partial charge in [-0.25, -0.2) is 17.6 Å². The molecule has 1 N–H and O–H groups in total. The van der Waals surface area contributed by atoms with Crippen molar-refractivity contribution >= 4 is 27.8 Å². The van der Waals surface area contributed by atoms with Gasteiger partial charge in [0.2, 0.25) is 10.0 Å². The largest absolute Gasteiger partial charge is 0.478 e. The number of hydrogen-bond donors (Lipinski definition) is 1. The molecule has 1 saturated heterocycles. The number of benzene rings is 1. The van der Waals surface area contributed by atoms with Crippen LogP contribution in [0.3, 0.4) is 0 Å². The predicted octanol–water partition coefficient (Wildman–Crippen LogP) is 1.96. The molecule has 0 aromatic heterocycles. The minimum absolute atomic E-state index is 0.00696. The lowest BCUT2D eigenvalue weighted by Gasteiger charge is -2.32. The zero-order valence-corrected chi connectivity index (χ0v) is 13.3. The lowest BCUT2D eigenvalue weighted by atomic mass is 10.1. The normalized spacial score (nSPS) is 20.4. The van der Waals surface area contributed by atoms with E-state index in [0.29, 0.717) is 18.1 Å². The summed E-state index contributed by atoms with van der Waals surface area (Å²) in [6.45, 7) is 3.53. The number of carboxylic acids is 1. The Morgan fingerprint density at radius 2 is 2.14 bits per heavy atom. The number of carbonyl (C=O) groups is 1. The van der Waals surface area contributed by atoms with Gasteiger partial charge < -0.3 is 5.11 Å². The van der Waals surface area contributed by atoms with Gasteiger partial charge >= 0.3 is 5.97 Å². The van der Waals surface area contributed by atoms with Crippen LogP contribution < -0.4 is 0 Å². The maximum Gasteiger partial charge on any atom is 0.338 e. The van der Waals surface area contributed by atoms with Crippen LogP contribution in [0.5, 0.6) is 0 Å². The Labute approximate surface area is 127 Å². The molecule has 5 nitrogen and oxygen atoms in total. The van der Waals surface area contributed by atoms with Crippen molar-refractivity contribution in [2.45, 2.75) is 24.8 Å². The van der Waals surface area contributed by atoms with Crippen LogP contribution in [0.1, 0.15) is 22.8 Å². The molecule has 116 valence electrons. The van der Waals surface area contributed by atoms with E-state index in [1.807, 2.05) is 0 Å². The molecule has 8 heteroatoms. The molecule has 1 aromatic carbocycles. The number of aromatic carboxylic acids is 1. The summed E-state index contributed by atoms with van der Waals surface area (Å²) in [6.07, 6.45) is 0. The molecule has 0 saturated carbocycles. The van der Waals surface area contributed by atoms with Gasteiger partial charge in [-0.05, 0) is 31.5 Å². The lowest BCUT2D eigenvalue weighted by molar-refractivity contribution is 0.0691. The first kappa shape index (κ1) is 16.3. The average Bonchev–Trinajstić information content (AvgIpc) is 2.41. The third-order valence-corrected chi connectivity index (χ3v) is 6.55. The summed E-state index contributed by atoms with van der Waals surface area (Å²) in [5, 5.41) is 8.99. The number of sulfonamides is 1. The number of thioether (sulfide) groups is 1. The van der Waals surface area contributed by atoms with Crippen LogP contribution in [0.25, 0.3) is 0 Å². The van der Waals surface area contributed by atoms with Gasteiger partial charge in [-0.3, -0.25) is 0 Å². The van der Waals surface area contributed by atoms with Crippen molar-refractivity contribution in [3.63, 3.8) is 0 Å². The van der Waals surface area contributed by atoms with Crippen molar-refractivity contribution in [2.24, 2.45) is 0 Å². The fourth-order valence-corrected chi connectivity index (χ4v) is 5.21. The zero-order chi connectivity index (χ0) is 15.8. The van der Waals surface area contributed by atoms with Crippen molar-refractivity contribution in [2.75, 3.05) is 18.1 Å². The second-order valence-electron chi connectivity index (χ2n) is 4.95. The Morgan fingerprint density at radius 1 is 1.48 bits per heavy atom. The first-order chi connectivity index (χ1) is 9.75.